The van der Waals surface area contributed by atoms with Crippen LogP contribution in [0, 0.1) is 6.92 Å². The summed E-state index contributed by atoms with van der Waals surface area (Å²) in [7, 11) is 0. The molecule has 0 radical (unpaired) electrons. The molecule has 0 atom stereocenters. The predicted molar refractivity (Wildman–Crippen MR) is 94.9 cm³/mol. The zero-order valence-corrected chi connectivity index (χ0v) is 14.3. The summed E-state index contributed by atoms with van der Waals surface area (Å²) in [6.45, 7) is 8.70. The molecule has 3 nitrogen and oxygen atoms in total. The van der Waals surface area contributed by atoms with Crippen LogP contribution in [0.2, 0.25) is 0 Å². The van der Waals surface area contributed by atoms with Crippen molar-refractivity contribution < 1.29 is 4.48 Å². The summed E-state index contributed by atoms with van der Waals surface area (Å²) in [5.74, 6) is 0. The lowest BCUT2D eigenvalue weighted by molar-refractivity contribution is -0.538. The highest BCUT2D eigenvalue weighted by atomic mass is 15.3. The minimum atomic E-state index is 0.0212. The summed E-state index contributed by atoms with van der Waals surface area (Å²) in [4.78, 5) is 0. The molecule has 0 aliphatic heterocycles. The molecule has 0 amide bonds. The van der Waals surface area contributed by atoms with E-state index in [9.17, 15) is 0 Å². The Morgan fingerprint density at radius 2 is 1.61 bits per heavy atom. The maximum atomic E-state index is 4.85. The number of aryl methyl sites for hydroxylation is 1. The van der Waals surface area contributed by atoms with Gasteiger partial charge in [0.1, 0.15) is 12.4 Å². The van der Waals surface area contributed by atoms with E-state index in [2.05, 4.69) is 93.2 Å². The smallest absolute Gasteiger partial charge is 0.263 e. The average Bonchev–Trinajstić information content (AvgIpc) is 3.00. The van der Waals surface area contributed by atoms with Crippen LogP contribution in [0.3, 0.4) is 0 Å². The van der Waals surface area contributed by atoms with E-state index in [4.69, 9.17) is 5.10 Å². The molecule has 0 unspecified atom stereocenters. The second-order valence-corrected chi connectivity index (χ2v) is 7.04. The van der Waals surface area contributed by atoms with Crippen LogP contribution in [0.1, 0.15) is 32.0 Å². The topological polar surface area (TPSA) is 21.7 Å². The van der Waals surface area contributed by atoms with Crippen LogP contribution < -0.4 is 9.94 Å². The van der Waals surface area contributed by atoms with Gasteiger partial charge in [0.05, 0.1) is 5.69 Å². The first-order valence-corrected chi connectivity index (χ1v) is 8.03. The predicted octanol–water partition coefficient (Wildman–Crippen LogP) is 2.57. The van der Waals surface area contributed by atoms with Crippen molar-refractivity contribution in [2.45, 2.75) is 33.1 Å². The zero-order chi connectivity index (χ0) is 16.4. The number of aromatic nitrogens is 3. The molecule has 0 aliphatic rings. The van der Waals surface area contributed by atoms with Gasteiger partial charge in [-0.25, -0.2) is 4.59 Å². The van der Waals surface area contributed by atoms with E-state index in [1.807, 2.05) is 10.7 Å². The summed E-state index contributed by atoms with van der Waals surface area (Å²) in [6, 6.07) is 16.9. The molecule has 1 aromatic carbocycles. The van der Waals surface area contributed by atoms with Gasteiger partial charge < -0.3 is 0 Å². The van der Waals surface area contributed by atoms with Gasteiger partial charge in [0.2, 0.25) is 0 Å². The lowest BCUT2D eigenvalue weighted by atomic mass is 9.67. The van der Waals surface area contributed by atoms with Gasteiger partial charge in [-0.15, -0.1) is 0 Å². The third-order valence-corrected chi connectivity index (χ3v) is 4.02. The van der Waals surface area contributed by atoms with Crippen molar-refractivity contribution in [2.24, 2.45) is 0 Å². The molecule has 3 aromatic rings. The first-order valence-electron chi connectivity index (χ1n) is 8.03. The minimum Gasteiger partial charge on any atom is -0.263 e. The SMILES string of the molecule is Cc1ccc(B(n2ccc(C(C)(C)C)n2)[n+]2ccccc2)cc1. The standard InChI is InChI=1S/C19H23BN3/c1-16-8-10-17(11-9-16)20(22-13-6-5-7-14-22)23-15-12-18(21-23)19(2,3)4/h5-15H,1-4H3/q+1. The molecule has 23 heavy (non-hydrogen) atoms. The van der Waals surface area contributed by atoms with Crippen molar-refractivity contribution in [2.75, 3.05) is 0 Å². The number of pyridine rings is 1. The highest BCUT2D eigenvalue weighted by molar-refractivity contribution is 6.63. The second kappa shape index (κ2) is 6.03. The van der Waals surface area contributed by atoms with Gasteiger partial charge in [-0.3, -0.25) is 4.48 Å². The second-order valence-electron chi connectivity index (χ2n) is 7.04. The molecule has 0 fully saturated rings. The lowest BCUT2D eigenvalue weighted by Crippen LogP contribution is -2.63. The molecule has 2 heterocycles. The molecule has 0 spiro atoms. The van der Waals surface area contributed by atoms with E-state index in [0.717, 1.165) is 5.69 Å². The van der Waals surface area contributed by atoms with Crippen LogP contribution in [0.25, 0.3) is 0 Å². The van der Waals surface area contributed by atoms with E-state index in [0.29, 0.717) is 0 Å². The first kappa shape index (κ1) is 15.5. The summed E-state index contributed by atoms with van der Waals surface area (Å²) in [6.07, 6.45) is 6.25. The van der Waals surface area contributed by atoms with E-state index in [1.54, 1.807) is 0 Å². The lowest BCUT2D eigenvalue weighted by Gasteiger charge is -2.14. The molecule has 0 aliphatic carbocycles. The molecule has 0 saturated carbocycles. The van der Waals surface area contributed by atoms with Crippen LogP contribution in [0.4, 0.5) is 0 Å². The number of hydrogen-bond acceptors (Lipinski definition) is 1. The highest BCUT2D eigenvalue weighted by Crippen LogP contribution is 2.19. The average molecular weight is 304 g/mol. The van der Waals surface area contributed by atoms with E-state index in [1.165, 1.54) is 11.0 Å². The fraction of sp³-hybridized carbons (Fsp3) is 0.263. The Balaban J connectivity index is 2.09. The number of hydrogen-bond donors (Lipinski definition) is 0. The maximum absolute atomic E-state index is 4.85. The van der Waals surface area contributed by atoms with Gasteiger partial charge in [0.15, 0.2) is 0 Å². The summed E-state index contributed by atoms with van der Waals surface area (Å²) >= 11 is 0. The molecule has 3 rings (SSSR count). The number of nitrogens with zero attached hydrogens (tertiary/aromatic N) is 3. The van der Waals surface area contributed by atoms with Crippen LogP contribution in [0.15, 0.2) is 67.1 Å². The van der Waals surface area contributed by atoms with Crippen molar-refractivity contribution in [3.8, 4) is 0 Å². The third kappa shape index (κ3) is 3.36. The third-order valence-electron chi connectivity index (χ3n) is 4.02. The van der Waals surface area contributed by atoms with Gasteiger partial charge in [-0.1, -0.05) is 56.7 Å². The Hall–Kier alpha value is -2.36. The Labute approximate surface area is 138 Å². The molecule has 116 valence electrons. The molecule has 4 heteroatoms. The van der Waals surface area contributed by atoms with E-state index >= 15 is 0 Å². The summed E-state index contributed by atoms with van der Waals surface area (Å²) in [5, 5.41) is 4.85. The molecular weight excluding hydrogens is 281 g/mol. The summed E-state index contributed by atoms with van der Waals surface area (Å²) in [5.41, 5.74) is 3.63. The van der Waals surface area contributed by atoms with Gasteiger partial charge in [0, 0.05) is 17.1 Å². The van der Waals surface area contributed by atoms with Crippen molar-refractivity contribution in [3.05, 3.63) is 78.4 Å². The Morgan fingerprint density at radius 1 is 0.957 bits per heavy atom. The highest BCUT2D eigenvalue weighted by Gasteiger charge is 2.36. The van der Waals surface area contributed by atoms with Crippen LogP contribution in [-0.2, 0) is 5.41 Å². The van der Waals surface area contributed by atoms with Gasteiger partial charge in [0.25, 0.3) is 0 Å². The normalized spacial score (nSPS) is 11.5. The van der Waals surface area contributed by atoms with Crippen molar-refractivity contribution >= 4 is 12.4 Å². The van der Waals surface area contributed by atoms with Crippen LogP contribution in [-0.4, -0.2) is 16.7 Å². The first-order chi connectivity index (χ1) is 10.9. The summed E-state index contributed by atoms with van der Waals surface area (Å²) < 4.78 is 4.23. The molecule has 0 N–H and O–H groups in total. The van der Waals surface area contributed by atoms with E-state index < -0.39 is 0 Å². The van der Waals surface area contributed by atoms with E-state index in [-0.39, 0.29) is 12.4 Å². The largest absolute Gasteiger partial charge is 0.673 e. The van der Waals surface area contributed by atoms with Crippen molar-refractivity contribution in [1.82, 2.24) is 9.69 Å². The Kier molecular flexibility index (Phi) is 4.08. The Morgan fingerprint density at radius 3 is 2.17 bits per heavy atom. The molecule has 0 bridgehead atoms. The minimum absolute atomic E-state index is 0.0212. The molecule has 2 aromatic heterocycles. The van der Waals surface area contributed by atoms with Gasteiger partial charge in [-0.05, 0) is 25.1 Å². The Bertz CT molecular complexity index is 770. The molecular formula is C19H23BN3+. The zero-order valence-electron chi connectivity index (χ0n) is 14.3. The van der Waals surface area contributed by atoms with Crippen molar-refractivity contribution in [1.29, 1.82) is 0 Å². The van der Waals surface area contributed by atoms with Gasteiger partial charge in [-0.2, -0.15) is 5.10 Å². The maximum Gasteiger partial charge on any atom is 0.673 e. The van der Waals surface area contributed by atoms with Crippen LogP contribution >= 0.6 is 0 Å². The number of rotatable bonds is 3. The monoisotopic (exact) mass is 304 g/mol. The van der Waals surface area contributed by atoms with Crippen LogP contribution in [0.5, 0.6) is 0 Å². The quantitative estimate of drug-likeness (QED) is 0.682. The fourth-order valence-electron chi connectivity index (χ4n) is 2.65. The number of benzene rings is 1. The fourth-order valence-corrected chi connectivity index (χ4v) is 2.65. The molecule has 0 saturated heterocycles. The van der Waals surface area contributed by atoms with Crippen molar-refractivity contribution in [3.63, 3.8) is 0 Å². The van der Waals surface area contributed by atoms with Gasteiger partial charge >= 0.3 is 6.98 Å².